The van der Waals surface area contributed by atoms with Crippen LogP contribution >= 0.6 is 0 Å². The van der Waals surface area contributed by atoms with Crippen molar-refractivity contribution in [3.63, 3.8) is 0 Å². The van der Waals surface area contributed by atoms with Crippen molar-refractivity contribution < 1.29 is 4.79 Å². The van der Waals surface area contributed by atoms with Crippen LogP contribution in [-0.2, 0) is 13.0 Å². The van der Waals surface area contributed by atoms with Crippen LogP contribution in [0.4, 0.5) is 0 Å². The number of nitrogens with zero attached hydrogens (tertiary/aromatic N) is 7. The molecule has 2 aliphatic heterocycles. The Labute approximate surface area is 242 Å². The van der Waals surface area contributed by atoms with Crippen molar-refractivity contribution in [2.24, 2.45) is 5.10 Å². The number of aromatic nitrogens is 3. The summed E-state index contributed by atoms with van der Waals surface area (Å²) in [6.07, 6.45) is 11.6. The van der Waals surface area contributed by atoms with E-state index in [1.54, 1.807) is 6.20 Å². The summed E-state index contributed by atoms with van der Waals surface area (Å²) in [7, 11) is 2.19. The van der Waals surface area contributed by atoms with E-state index in [4.69, 9.17) is 5.10 Å². The van der Waals surface area contributed by atoms with E-state index in [9.17, 15) is 4.79 Å². The van der Waals surface area contributed by atoms with Gasteiger partial charge in [0.05, 0.1) is 30.2 Å². The summed E-state index contributed by atoms with van der Waals surface area (Å²) < 4.78 is 1.88. The van der Waals surface area contributed by atoms with Crippen molar-refractivity contribution >= 4 is 17.3 Å². The number of allylic oxidation sites excluding steroid dienone is 1. The first-order valence-corrected chi connectivity index (χ1v) is 14.8. The van der Waals surface area contributed by atoms with E-state index >= 15 is 0 Å². The molecule has 6 rings (SSSR count). The zero-order valence-corrected chi connectivity index (χ0v) is 24.4. The van der Waals surface area contributed by atoms with Gasteiger partial charge in [-0.1, -0.05) is 19.1 Å². The maximum absolute atomic E-state index is 13.5. The van der Waals surface area contributed by atoms with E-state index in [2.05, 4.69) is 62.3 Å². The van der Waals surface area contributed by atoms with Gasteiger partial charge in [-0.05, 0) is 82.1 Å². The van der Waals surface area contributed by atoms with Crippen LogP contribution < -0.4 is 5.32 Å². The van der Waals surface area contributed by atoms with E-state index in [1.165, 1.54) is 5.56 Å². The first-order chi connectivity index (χ1) is 20.0. The number of hydrazone groups is 1. The lowest BCUT2D eigenvalue weighted by molar-refractivity contribution is 0.0960. The Kier molecular flexibility index (Phi) is 7.98. The van der Waals surface area contributed by atoms with Gasteiger partial charge in [0.2, 0.25) is 0 Å². The first-order valence-electron chi connectivity index (χ1n) is 14.8. The van der Waals surface area contributed by atoms with Crippen LogP contribution in [0.25, 0.3) is 5.65 Å². The number of likely N-dealkylation sites (N-methyl/N-ethyl adjacent to an activating group) is 1. The smallest absolute Gasteiger partial charge is 0.274 e. The Morgan fingerprint density at radius 3 is 2.80 bits per heavy atom. The average Bonchev–Trinajstić information content (AvgIpc) is 3.56. The predicted molar refractivity (Wildman–Crippen MR) is 162 cm³/mol. The van der Waals surface area contributed by atoms with Gasteiger partial charge in [0.25, 0.3) is 5.91 Å². The molecule has 9 nitrogen and oxygen atoms in total. The number of aryl methyl sites for hydroxylation is 2. The van der Waals surface area contributed by atoms with Crippen LogP contribution in [0.15, 0.2) is 71.2 Å². The largest absolute Gasteiger partial charge is 0.320 e. The molecule has 0 aromatic carbocycles. The number of rotatable bonds is 9. The molecular weight excluding hydrogens is 512 g/mol. The summed E-state index contributed by atoms with van der Waals surface area (Å²) in [5, 5.41) is 10.3. The molecule has 5 heterocycles. The van der Waals surface area contributed by atoms with Gasteiger partial charge in [0.15, 0.2) is 0 Å². The number of carbonyl (C=O) groups is 1. The third-order valence-corrected chi connectivity index (χ3v) is 8.39. The average molecular weight is 553 g/mol. The van der Waals surface area contributed by atoms with Gasteiger partial charge < -0.3 is 15.1 Å². The second-order valence-corrected chi connectivity index (χ2v) is 11.4. The molecule has 0 saturated carbocycles. The Morgan fingerprint density at radius 1 is 1.15 bits per heavy atom. The number of pyridine rings is 2. The summed E-state index contributed by atoms with van der Waals surface area (Å²) in [4.78, 5) is 27.7. The van der Waals surface area contributed by atoms with E-state index in [0.29, 0.717) is 12.2 Å². The molecule has 9 heteroatoms. The second-order valence-electron chi connectivity index (χ2n) is 11.4. The van der Waals surface area contributed by atoms with Gasteiger partial charge in [-0.2, -0.15) is 5.10 Å². The third-order valence-electron chi connectivity index (χ3n) is 8.39. The highest BCUT2D eigenvalue weighted by Crippen LogP contribution is 2.32. The van der Waals surface area contributed by atoms with Gasteiger partial charge in [-0.3, -0.25) is 19.2 Å². The molecule has 1 amide bonds. The minimum absolute atomic E-state index is 0.0863. The Morgan fingerprint density at radius 2 is 2.00 bits per heavy atom. The fraction of sp³-hybridized carbons (Fsp3) is 0.438. The third kappa shape index (κ3) is 5.96. The Hall–Kier alpha value is -3.82. The molecule has 214 valence electrons. The van der Waals surface area contributed by atoms with Crippen molar-refractivity contribution in [1.82, 2.24) is 34.5 Å². The van der Waals surface area contributed by atoms with Crippen LogP contribution in [-0.4, -0.2) is 86.6 Å². The number of nitrogens with one attached hydrogen (secondary N) is 1. The number of imidazole rings is 1. The topological polar surface area (TPSA) is 81.4 Å². The maximum atomic E-state index is 13.5. The van der Waals surface area contributed by atoms with Crippen LogP contribution in [0.1, 0.15) is 53.6 Å². The summed E-state index contributed by atoms with van der Waals surface area (Å²) in [5.41, 5.74) is 7.52. The molecule has 0 bridgehead atoms. The SMILES string of the molecule is CCC1=NN(Cc2cccc(C)n2)C2CC=CC(NC(=O)c3cnc4cc(CCCN5CCN(C)CC5)ccn34)=C12. The highest BCUT2D eigenvalue weighted by atomic mass is 16.2. The minimum Gasteiger partial charge on any atom is -0.320 e. The number of hydrogen-bond acceptors (Lipinski definition) is 7. The fourth-order valence-corrected chi connectivity index (χ4v) is 6.08. The zero-order chi connectivity index (χ0) is 28.3. The highest BCUT2D eigenvalue weighted by Gasteiger charge is 2.35. The molecule has 3 aliphatic rings. The standard InChI is InChI=1S/C32H40N8O/c1-4-26-31-27(11-6-12-28(31)40(36-26)22-25-10-5-8-23(2)34-25)35-32(41)29-21-33-30-20-24(13-15-39(29)30)9-7-14-38-18-16-37(3)17-19-38/h5-6,8,10-11,13,15,20-21,28H,4,7,9,12,14,16-19,22H2,1-3H3,(H,35,41). The van der Waals surface area contributed by atoms with E-state index in [1.807, 2.05) is 41.8 Å². The molecule has 1 N–H and O–H groups in total. The monoisotopic (exact) mass is 552 g/mol. The van der Waals surface area contributed by atoms with Crippen molar-refractivity contribution in [3.8, 4) is 0 Å². The van der Waals surface area contributed by atoms with E-state index < -0.39 is 0 Å². The quantitative estimate of drug-likeness (QED) is 0.435. The van der Waals surface area contributed by atoms with Crippen molar-refractivity contribution in [2.45, 2.75) is 52.1 Å². The minimum atomic E-state index is -0.164. The van der Waals surface area contributed by atoms with Gasteiger partial charge in [-0.25, -0.2) is 4.98 Å². The predicted octanol–water partition coefficient (Wildman–Crippen LogP) is 3.81. The van der Waals surface area contributed by atoms with E-state index in [-0.39, 0.29) is 11.9 Å². The number of piperazine rings is 1. The summed E-state index contributed by atoms with van der Waals surface area (Å²) >= 11 is 0. The number of fused-ring (bicyclic) bond motifs is 2. The normalized spacial score (nSPS) is 19.6. The fourth-order valence-electron chi connectivity index (χ4n) is 6.08. The Bertz CT molecular complexity index is 1510. The van der Waals surface area contributed by atoms with Gasteiger partial charge in [-0.15, -0.1) is 0 Å². The number of carbonyl (C=O) groups excluding carboxylic acids is 1. The molecule has 1 atom stereocenters. The van der Waals surface area contributed by atoms with Gasteiger partial charge in [0, 0.05) is 49.3 Å². The second kappa shape index (κ2) is 12.0. The number of hydrogen-bond donors (Lipinski definition) is 1. The van der Waals surface area contributed by atoms with Crippen molar-refractivity contribution in [3.05, 3.63) is 88.8 Å². The zero-order valence-electron chi connectivity index (χ0n) is 24.4. The van der Waals surface area contributed by atoms with Crippen LogP contribution in [0.5, 0.6) is 0 Å². The van der Waals surface area contributed by atoms with Crippen molar-refractivity contribution in [2.75, 3.05) is 39.8 Å². The molecular formula is C32H40N8O. The lowest BCUT2D eigenvalue weighted by Crippen LogP contribution is -2.44. The van der Waals surface area contributed by atoms with Crippen LogP contribution in [0.3, 0.4) is 0 Å². The lowest BCUT2D eigenvalue weighted by Gasteiger charge is -2.32. The van der Waals surface area contributed by atoms with Crippen LogP contribution in [0, 0.1) is 6.92 Å². The summed E-state index contributed by atoms with van der Waals surface area (Å²) in [5.74, 6) is -0.164. The molecule has 0 spiro atoms. The van der Waals surface area contributed by atoms with Crippen molar-refractivity contribution in [1.29, 1.82) is 0 Å². The van der Waals surface area contributed by atoms with Gasteiger partial charge >= 0.3 is 0 Å². The molecule has 3 aromatic rings. The lowest BCUT2D eigenvalue weighted by atomic mass is 9.92. The van der Waals surface area contributed by atoms with E-state index in [0.717, 1.165) is 92.4 Å². The number of amides is 1. The molecule has 0 radical (unpaired) electrons. The molecule has 1 unspecified atom stereocenters. The van der Waals surface area contributed by atoms with Crippen LogP contribution in [0.2, 0.25) is 0 Å². The first kappa shape index (κ1) is 27.4. The summed E-state index contributed by atoms with van der Waals surface area (Å²) in [6, 6.07) is 10.4. The maximum Gasteiger partial charge on any atom is 0.274 e. The molecule has 1 saturated heterocycles. The molecule has 41 heavy (non-hydrogen) atoms. The molecule has 1 aliphatic carbocycles. The molecule has 1 fully saturated rings. The molecule has 3 aromatic heterocycles. The highest BCUT2D eigenvalue weighted by molar-refractivity contribution is 6.05. The van der Waals surface area contributed by atoms with Gasteiger partial charge in [0.1, 0.15) is 11.3 Å². The Balaban J connectivity index is 1.14. The summed E-state index contributed by atoms with van der Waals surface area (Å²) in [6.45, 7) is 10.5.